The lowest BCUT2D eigenvalue weighted by atomic mass is 10.0. The highest BCUT2D eigenvalue weighted by Gasteiger charge is 2.36. The van der Waals surface area contributed by atoms with Gasteiger partial charge in [-0.05, 0) is 45.0 Å². The third kappa shape index (κ3) is 4.09. The summed E-state index contributed by atoms with van der Waals surface area (Å²) in [5, 5.41) is 2.91. The van der Waals surface area contributed by atoms with Crippen LogP contribution in [-0.2, 0) is 14.3 Å². The minimum Gasteiger partial charge on any atom is -0.465 e. The normalized spacial score (nSPS) is 18.0. The second-order valence-corrected chi connectivity index (χ2v) is 6.68. The van der Waals surface area contributed by atoms with E-state index in [0.717, 1.165) is 0 Å². The first-order valence-electron chi connectivity index (χ1n) is 7.52. The summed E-state index contributed by atoms with van der Waals surface area (Å²) < 4.78 is 4.65. The Morgan fingerprint density at radius 1 is 1.22 bits per heavy atom. The summed E-state index contributed by atoms with van der Waals surface area (Å²) in [5.41, 5.74) is 0.772. The lowest BCUT2D eigenvalue weighted by molar-refractivity contribution is -0.127. The summed E-state index contributed by atoms with van der Waals surface area (Å²) >= 11 is 0. The fourth-order valence-electron chi connectivity index (χ4n) is 2.50. The van der Waals surface area contributed by atoms with Crippen molar-refractivity contribution in [3.05, 3.63) is 29.8 Å². The van der Waals surface area contributed by atoms with Crippen molar-refractivity contribution in [2.75, 3.05) is 18.6 Å². The molecule has 0 saturated carbocycles. The highest BCUT2D eigenvalue weighted by Crippen LogP contribution is 2.26. The minimum atomic E-state index is -0.424. The van der Waals surface area contributed by atoms with Crippen molar-refractivity contribution >= 4 is 23.5 Å². The third-order valence-electron chi connectivity index (χ3n) is 3.59. The molecule has 0 aliphatic carbocycles. The van der Waals surface area contributed by atoms with Gasteiger partial charge in [0.25, 0.3) is 0 Å². The Hall–Kier alpha value is -2.37. The largest absolute Gasteiger partial charge is 0.465 e. The quantitative estimate of drug-likeness (QED) is 0.861. The number of hydrogen-bond donors (Lipinski definition) is 1. The van der Waals surface area contributed by atoms with Crippen LogP contribution in [0.2, 0.25) is 0 Å². The average molecular weight is 318 g/mol. The van der Waals surface area contributed by atoms with E-state index in [9.17, 15) is 14.4 Å². The number of ether oxygens (including phenoxy) is 1. The molecule has 1 aromatic rings. The standard InChI is InChI=1S/C17H22N2O4/c1-17(2,3)18-15(21)12-9-14(20)19(10-12)13-7-5-11(6-8-13)16(22)23-4/h5-8,12H,9-10H2,1-4H3,(H,18,21). The fraction of sp³-hybridized carbons (Fsp3) is 0.471. The van der Waals surface area contributed by atoms with Gasteiger partial charge in [-0.1, -0.05) is 0 Å². The first-order chi connectivity index (χ1) is 10.7. The SMILES string of the molecule is COC(=O)c1ccc(N2CC(C(=O)NC(C)(C)C)CC2=O)cc1. The van der Waals surface area contributed by atoms with Gasteiger partial charge in [-0.15, -0.1) is 0 Å². The topological polar surface area (TPSA) is 75.7 Å². The van der Waals surface area contributed by atoms with E-state index in [1.54, 1.807) is 29.2 Å². The number of esters is 1. The first kappa shape index (κ1) is 17.0. The van der Waals surface area contributed by atoms with Crippen LogP contribution in [-0.4, -0.2) is 37.0 Å². The molecule has 2 amide bonds. The van der Waals surface area contributed by atoms with Gasteiger partial charge >= 0.3 is 5.97 Å². The van der Waals surface area contributed by atoms with Crippen LogP contribution in [0.3, 0.4) is 0 Å². The molecular formula is C17H22N2O4. The summed E-state index contributed by atoms with van der Waals surface area (Å²) in [6.07, 6.45) is 0.195. The van der Waals surface area contributed by atoms with Crippen LogP contribution < -0.4 is 10.2 Å². The summed E-state index contributed by atoms with van der Waals surface area (Å²) in [6, 6.07) is 6.59. The van der Waals surface area contributed by atoms with E-state index in [-0.39, 0.29) is 29.7 Å². The highest BCUT2D eigenvalue weighted by molar-refractivity contribution is 6.00. The van der Waals surface area contributed by atoms with Crippen molar-refractivity contribution in [2.24, 2.45) is 5.92 Å². The Kier molecular flexibility index (Phi) is 4.73. The Balaban J connectivity index is 2.08. The van der Waals surface area contributed by atoms with Crippen molar-refractivity contribution in [3.8, 4) is 0 Å². The monoisotopic (exact) mass is 318 g/mol. The number of carbonyl (C=O) groups excluding carboxylic acids is 3. The van der Waals surface area contributed by atoms with Gasteiger partial charge in [0.05, 0.1) is 18.6 Å². The predicted octanol–water partition coefficient (Wildman–Crippen LogP) is 1.74. The van der Waals surface area contributed by atoms with Crippen LogP contribution >= 0.6 is 0 Å². The van der Waals surface area contributed by atoms with Gasteiger partial charge < -0.3 is 15.0 Å². The second kappa shape index (κ2) is 6.40. The molecule has 1 N–H and O–H groups in total. The zero-order valence-electron chi connectivity index (χ0n) is 13.9. The molecule has 0 bridgehead atoms. The van der Waals surface area contributed by atoms with E-state index >= 15 is 0 Å². The number of benzene rings is 1. The van der Waals surface area contributed by atoms with Crippen molar-refractivity contribution in [2.45, 2.75) is 32.7 Å². The number of anilines is 1. The second-order valence-electron chi connectivity index (χ2n) is 6.68. The molecule has 0 radical (unpaired) electrons. The smallest absolute Gasteiger partial charge is 0.337 e. The molecule has 0 aromatic heterocycles. The maximum absolute atomic E-state index is 12.2. The zero-order valence-corrected chi connectivity index (χ0v) is 13.9. The Labute approximate surface area is 135 Å². The molecular weight excluding hydrogens is 296 g/mol. The number of methoxy groups -OCH3 is 1. The number of hydrogen-bond acceptors (Lipinski definition) is 4. The van der Waals surface area contributed by atoms with Crippen molar-refractivity contribution in [1.82, 2.24) is 5.32 Å². The molecule has 1 unspecified atom stereocenters. The molecule has 1 heterocycles. The summed E-state index contributed by atoms with van der Waals surface area (Å²) in [5.74, 6) is -0.988. The molecule has 6 nitrogen and oxygen atoms in total. The Bertz CT molecular complexity index is 616. The fourth-order valence-corrected chi connectivity index (χ4v) is 2.50. The average Bonchev–Trinajstić information content (AvgIpc) is 2.87. The summed E-state index contributed by atoms with van der Waals surface area (Å²) in [7, 11) is 1.32. The van der Waals surface area contributed by atoms with Gasteiger partial charge in [-0.2, -0.15) is 0 Å². The lowest BCUT2D eigenvalue weighted by Crippen LogP contribution is -2.44. The van der Waals surface area contributed by atoms with Gasteiger partial charge in [-0.3, -0.25) is 9.59 Å². The number of amides is 2. The molecule has 6 heteroatoms. The summed E-state index contributed by atoms with van der Waals surface area (Å²) in [4.78, 5) is 37.4. The van der Waals surface area contributed by atoms with E-state index < -0.39 is 5.97 Å². The number of nitrogens with zero attached hydrogens (tertiary/aromatic N) is 1. The molecule has 23 heavy (non-hydrogen) atoms. The molecule has 1 aromatic carbocycles. The minimum absolute atomic E-state index is 0.0927. The maximum Gasteiger partial charge on any atom is 0.337 e. The van der Waals surface area contributed by atoms with E-state index in [1.165, 1.54) is 7.11 Å². The Morgan fingerprint density at radius 2 is 1.83 bits per heavy atom. The molecule has 124 valence electrons. The van der Waals surface area contributed by atoms with E-state index in [4.69, 9.17) is 0 Å². The number of nitrogens with one attached hydrogen (secondary N) is 1. The predicted molar refractivity (Wildman–Crippen MR) is 86.1 cm³/mol. The highest BCUT2D eigenvalue weighted by atomic mass is 16.5. The van der Waals surface area contributed by atoms with Gasteiger partial charge in [0.2, 0.25) is 11.8 Å². The van der Waals surface area contributed by atoms with Crippen LogP contribution in [0.15, 0.2) is 24.3 Å². The van der Waals surface area contributed by atoms with Crippen LogP contribution in [0.25, 0.3) is 0 Å². The first-order valence-corrected chi connectivity index (χ1v) is 7.52. The van der Waals surface area contributed by atoms with Crippen LogP contribution in [0, 0.1) is 5.92 Å². The molecule has 2 rings (SSSR count). The lowest BCUT2D eigenvalue weighted by Gasteiger charge is -2.23. The van der Waals surface area contributed by atoms with Gasteiger partial charge in [-0.25, -0.2) is 4.79 Å². The zero-order chi connectivity index (χ0) is 17.2. The van der Waals surface area contributed by atoms with Gasteiger partial charge in [0.1, 0.15) is 0 Å². The van der Waals surface area contributed by atoms with Crippen LogP contribution in [0.1, 0.15) is 37.6 Å². The molecule has 1 fully saturated rings. The van der Waals surface area contributed by atoms with Gasteiger partial charge in [0.15, 0.2) is 0 Å². The third-order valence-corrected chi connectivity index (χ3v) is 3.59. The van der Waals surface area contributed by atoms with E-state index in [1.807, 2.05) is 20.8 Å². The van der Waals surface area contributed by atoms with Crippen LogP contribution in [0.5, 0.6) is 0 Å². The van der Waals surface area contributed by atoms with E-state index in [0.29, 0.717) is 17.8 Å². The number of rotatable bonds is 3. The molecule has 1 aliphatic heterocycles. The molecule has 1 atom stereocenters. The maximum atomic E-state index is 12.2. The van der Waals surface area contributed by atoms with Gasteiger partial charge in [0, 0.05) is 24.2 Å². The van der Waals surface area contributed by atoms with Crippen molar-refractivity contribution in [1.29, 1.82) is 0 Å². The molecule has 0 spiro atoms. The van der Waals surface area contributed by atoms with Crippen molar-refractivity contribution in [3.63, 3.8) is 0 Å². The number of carbonyl (C=O) groups is 3. The molecule has 1 saturated heterocycles. The van der Waals surface area contributed by atoms with E-state index in [2.05, 4.69) is 10.1 Å². The molecule has 1 aliphatic rings. The van der Waals surface area contributed by atoms with Crippen molar-refractivity contribution < 1.29 is 19.1 Å². The summed E-state index contributed by atoms with van der Waals surface area (Å²) in [6.45, 7) is 6.07. The van der Waals surface area contributed by atoms with Crippen LogP contribution in [0.4, 0.5) is 5.69 Å². The Morgan fingerprint density at radius 3 is 2.35 bits per heavy atom.